The van der Waals surface area contributed by atoms with Crippen molar-refractivity contribution in [3.63, 3.8) is 0 Å². The first-order valence-corrected chi connectivity index (χ1v) is 21.5. The normalized spacial score (nSPS) is 14.7. The number of rotatable bonds is 34. The molecule has 0 radical (unpaired) electrons. The van der Waals surface area contributed by atoms with Crippen molar-refractivity contribution in [1.29, 1.82) is 0 Å². The van der Waals surface area contributed by atoms with Gasteiger partial charge in [0.05, 0.1) is 27.7 Å². The minimum atomic E-state index is -4.40. The number of allylic oxidation sites excluding steroid dienone is 16. The van der Waals surface area contributed by atoms with E-state index in [2.05, 4.69) is 111 Å². The number of esters is 2. The standard InChI is InChI=1S/C44H72NO8P/c1-6-8-10-12-14-16-18-20-22-24-26-28-30-32-34-36-43(46)50-40-42(41-52-54(48,49)51-39-38-45(3,4)5)53-44(47)37-35-33-31-29-27-25-23-21-19-17-15-13-11-9-7-2/h8-11,14-17,20-23,26-29,42H,6-7,12-13,18-19,24-25,30-41H2,1-5H3/p+1/b10-8-,11-9-,16-14-,17-15-,22-20-,23-21-,28-26-,29-27-. The Hall–Kier alpha value is -3.07. The quantitative estimate of drug-likeness (QED) is 0.0226. The van der Waals surface area contributed by atoms with E-state index in [1.165, 1.54) is 0 Å². The molecule has 0 aliphatic heterocycles. The molecule has 9 nitrogen and oxygen atoms in total. The lowest BCUT2D eigenvalue weighted by molar-refractivity contribution is -0.870. The van der Waals surface area contributed by atoms with E-state index in [1.54, 1.807) is 0 Å². The van der Waals surface area contributed by atoms with Crippen molar-refractivity contribution in [1.82, 2.24) is 0 Å². The number of phosphoric acid groups is 1. The van der Waals surface area contributed by atoms with Gasteiger partial charge in [0.2, 0.25) is 0 Å². The van der Waals surface area contributed by atoms with Crippen molar-refractivity contribution < 1.29 is 42.1 Å². The molecule has 0 bridgehead atoms. The second-order valence-corrected chi connectivity index (χ2v) is 15.4. The molecular formula is C44H73NO8P+. The van der Waals surface area contributed by atoms with Crippen LogP contribution in [0.5, 0.6) is 0 Å². The maximum Gasteiger partial charge on any atom is 0.472 e. The average molecular weight is 775 g/mol. The summed E-state index contributed by atoms with van der Waals surface area (Å²) < 4.78 is 34.1. The minimum absolute atomic E-state index is 0.0108. The molecule has 2 unspecified atom stereocenters. The molecule has 0 rings (SSSR count). The largest absolute Gasteiger partial charge is 0.472 e. The summed E-state index contributed by atoms with van der Waals surface area (Å²) in [7, 11) is 1.40. The number of carbonyl (C=O) groups excluding carboxylic acids is 2. The fourth-order valence-electron chi connectivity index (χ4n) is 4.52. The third-order valence-electron chi connectivity index (χ3n) is 7.61. The third-order valence-corrected chi connectivity index (χ3v) is 8.59. The Kier molecular flexibility index (Phi) is 33.6. The molecule has 0 spiro atoms. The van der Waals surface area contributed by atoms with E-state index in [4.69, 9.17) is 18.5 Å². The molecule has 0 aliphatic rings. The predicted molar refractivity (Wildman–Crippen MR) is 224 cm³/mol. The fraction of sp³-hybridized carbons (Fsp3) is 0.591. The topological polar surface area (TPSA) is 108 Å². The van der Waals surface area contributed by atoms with E-state index in [0.717, 1.165) is 77.0 Å². The molecule has 0 aromatic rings. The van der Waals surface area contributed by atoms with Crippen LogP contribution >= 0.6 is 7.82 Å². The Morgan fingerprint density at radius 1 is 0.574 bits per heavy atom. The smallest absolute Gasteiger partial charge is 0.462 e. The van der Waals surface area contributed by atoms with E-state index < -0.39 is 32.5 Å². The van der Waals surface area contributed by atoms with E-state index in [1.807, 2.05) is 21.1 Å². The Balaban J connectivity index is 4.59. The highest BCUT2D eigenvalue weighted by Crippen LogP contribution is 2.43. The first-order chi connectivity index (χ1) is 26.0. The Morgan fingerprint density at radius 2 is 0.981 bits per heavy atom. The SMILES string of the molecule is CC/C=C\C/C=C\C/C=C\C/C=C\CCCCC(=O)OCC(COP(=O)(O)OCC[N+](C)(C)C)OC(=O)CCCC/C=C\C/C=C\C/C=C\C/C=C\CC. The van der Waals surface area contributed by atoms with Crippen molar-refractivity contribution in [2.45, 2.75) is 123 Å². The Bertz CT molecular complexity index is 1240. The van der Waals surface area contributed by atoms with Crippen LogP contribution in [-0.2, 0) is 32.7 Å². The van der Waals surface area contributed by atoms with Crippen LogP contribution in [0.4, 0.5) is 0 Å². The molecule has 2 atom stereocenters. The lowest BCUT2D eigenvalue weighted by Crippen LogP contribution is -2.37. The van der Waals surface area contributed by atoms with Gasteiger partial charge in [-0.2, -0.15) is 0 Å². The maximum absolute atomic E-state index is 12.6. The van der Waals surface area contributed by atoms with Gasteiger partial charge in [0.1, 0.15) is 19.8 Å². The molecule has 0 fully saturated rings. The molecule has 0 saturated carbocycles. The van der Waals surface area contributed by atoms with Gasteiger partial charge in [-0.3, -0.25) is 18.6 Å². The molecular weight excluding hydrogens is 701 g/mol. The van der Waals surface area contributed by atoms with Crippen LogP contribution in [0.2, 0.25) is 0 Å². The number of carbonyl (C=O) groups is 2. The van der Waals surface area contributed by atoms with Gasteiger partial charge in [-0.1, -0.05) is 111 Å². The third kappa shape index (κ3) is 38.6. The molecule has 0 aromatic carbocycles. The highest BCUT2D eigenvalue weighted by atomic mass is 31.2. The number of nitrogens with zero attached hydrogens (tertiary/aromatic N) is 1. The van der Waals surface area contributed by atoms with Crippen LogP contribution in [0.1, 0.15) is 117 Å². The van der Waals surface area contributed by atoms with E-state index >= 15 is 0 Å². The summed E-state index contributed by atoms with van der Waals surface area (Å²) in [5, 5.41) is 0. The molecule has 0 amide bonds. The summed E-state index contributed by atoms with van der Waals surface area (Å²) >= 11 is 0. The molecule has 0 aliphatic carbocycles. The molecule has 306 valence electrons. The Labute approximate surface area is 328 Å². The lowest BCUT2D eigenvalue weighted by atomic mass is 10.1. The Morgan fingerprint density at radius 3 is 1.41 bits per heavy atom. The number of hydrogen-bond acceptors (Lipinski definition) is 7. The number of likely N-dealkylation sites (N-methyl/N-ethyl adjacent to an activating group) is 1. The number of hydrogen-bond donors (Lipinski definition) is 1. The number of quaternary nitrogens is 1. The van der Waals surface area contributed by atoms with Crippen molar-refractivity contribution in [2.75, 3.05) is 47.5 Å². The van der Waals surface area contributed by atoms with Crippen molar-refractivity contribution >= 4 is 19.8 Å². The zero-order chi connectivity index (χ0) is 40.0. The molecule has 1 N–H and O–H groups in total. The minimum Gasteiger partial charge on any atom is -0.462 e. The number of phosphoric ester groups is 1. The van der Waals surface area contributed by atoms with Crippen LogP contribution in [0.3, 0.4) is 0 Å². The molecule has 54 heavy (non-hydrogen) atoms. The van der Waals surface area contributed by atoms with E-state index in [0.29, 0.717) is 23.9 Å². The zero-order valence-electron chi connectivity index (χ0n) is 34.2. The highest BCUT2D eigenvalue weighted by Gasteiger charge is 2.27. The first kappa shape index (κ1) is 50.9. The van der Waals surface area contributed by atoms with Gasteiger partial charge >= 0.3 is 19.8 Å². The van der Waals surface area contributed by atoms with Gasteiger partial charge in [-0.25, -0.2) is 4.57 Å². The summed E-state index contributed by atoms with van der Waals surface area (Å²) in [5.74, 6) is -0.910. The van der Waals surface area contributed by atoms with E-state index in [-0.39, 0.29) is 26.1 Å². The van der Waals surface area contributed by atoms with Gasteiger partial charge in [0, 0.05) is 12.8 Å². The van der Waals surface area contributed by atoms with E-state index in [9.17, 15) is 19.0 Å². The van der Waals surface area contributed by atoms with Crippen LogP contribution < -0.4 is 0 Å². The lowest BCUT2D eigenvalue weighted by Gasteiger charge is -2.24. The summed E-state index contributed by atoms with van der Waals surface area (Å²) in [6.07, 6.45) is 46.1. The zero-order valence-corrected chi connectivity index (χ0v) is 35.1. The number of unbranched alkanes of at least 4 members (excludes halogenated alkanes) is 4. The molecule has 0 aromatic heterocycles. The molecule has 0 heterocycles. The first-order valence-electron chi connectivity index (χ1n) is 20.0. The van der Waals surface area contributed by atoms with Gasteiger partial charge in [-0.15, -0.1) is 0 Å². The second kappa shape index (κ2) is 35.6. The van der Waals surface area contributed by atoms with Crippen LogP contribution in [0, 0.1) is 0 Å². The van der Waals surface area contributed by atoms with Crippen molar-refractivity contribution in [3.8, 4) is 0 Å². The van der Waals surface area contributed by atoms with Crippen LogP contribution in [0.15, 0.2) is 97.2 Å². The predicted octanol–water partition coefficient (Wildman–Crippen LogP) is 11.0. The van der Waals surface area contributed by atoms with Crippen molar-refractivity contribution in [2.24, 2.45) is 0 Å². The number of ether oxygens (including phenoxy) is 2. The summed E-state index contributed by atoms with van der Waals surface area (Å²) in [4.78, 5) is 35.2. The molecule has 0 saturated heterocycles. The van der Waals surface area contributed by atoms with Gasteiger partial charge in [0.25, 0.3) is 0 Å². The second-order valence-electron chi connectivity index (χ2n) is 13.9. The highest BCUT2D eigenvalue weighted by molar-refractivity contribution is 7.47. The average Bonchev–Trinajstić information content (AvgIpc) is 3.12. The summed E-state index contributed by atoms with van der Waals surface area (Å²) in [5.41, 5.74) is 0. The van der Waals surface area contributed by atoms with Crippen molar-refractivity contribution in [3.05, 3.63) is 97.2 Å². The monoisotopic (exact) mass is 775 g/mol. The maximum atomic E-state index is 12.6. The van der Waals surface area contributed by atoms with Gasteiger partial charge < -0.3 is 18.9 Å². The van der Waals surface area contributed by atoms with Gasteiger partial charge in [-0.05, 0) is 89.9 Å². The van der Waals surface area contributed by atoms with Crippen LogP contribution in [-0.4, -0.2) is 74.9 Å². The summed E-state index contributed by atoms with van der Waals surface area (Å²) in [6, 6.07) is 0. The fourth-order valence-corrected chi connectivity index (χ4v) is 5.26. The van der Waals surface area contributed by atoms with Crippen LogP contribution in [0.25, 0.3) is 0 Å². The molecule has 10 heteroatoms. The summed E-state index contributed by atoms with van der Waals surface area (Å²) in [6.45, 7) is 4.05. The van der Waals surface area contributed by atoms with Gasteiger partial charge in [0.15, 0.2) is 6.10 Å².